The van der Waals surface area contributed by atoms with Gasteiger partial charge in [-0.05, 0) is 42.8 Å². The van der Waals surface area contributed by atoms with Crippen LogP contribution in [0.4, 0.5) is 0 Å². The van der Waals surface area contributed by atoms with E-state index < -0.39 is 0 Å². The first-order chi connectivity index (χ1) is 8.74. The molecule has 0 N–H and O–H groups in total. The molecule has 0 heterocycles. The number of rotatable bonds is 4. The van der Waals surface area contributed by atoms with E-state index in [1.54, 1.807) is 12.2 Å². The minimum atomic E-state index is 0.0413. The van der Waals surface area contributed by atoms with E-state index in [9.17, 15) is 4.79 Å². The van der Waals surface area contributed by atoms with Crippen LogP contribution in [-0.4, -0.2) is 5.78 Å². The van der Waals surface area contributed by atoms with E-state index in [0.29, 0.717) is 0 Å². The third-order valence-electron chi connectivity index (χ3n) is 2.37. The molecule has 2 rings (SSSR count). The summed E-state index contributed by atoms with van der Waals surface area (Å²) in [6.45, 7) is 1.53. The van der Waals surface area contributed by atoms with Crippen LogP contribution in [0.25, 0.3) is 6.08 Å². The number of ketones is 1. The van der Waals surface area contributed by atoms with Gasteiger partial charge in [-0.1, -0.05) is 36.4 Å². The molecule has 0 saturated heterocycles. The summed E-state index contributed by atoms with van der Waals surface area (Å²) in [6.07, 6.45) is 3.34. The number of carbonyl (C=O) groups is 1. The van der Waals surface area contributed by atoms with Crippen molar-refractivity contribution in [2.75, 3.05) is 0 Å². The normalized spacial score (nSPS) is 10.5. The van der Waals surface area contributed by atoms with Crippen LogP contribution < -0.4 is 4.74 Å². The SMILES string of the molecule is CC(=O)/C=C/c1ccc(Oc2ccccc2)cc1. The van der Waals surface area contributed by atoms with Crippen molar-refractivity contribution in [3.63, 3.8) is 0 Å². The molecule has 0 aromatic heterocycles. The summed E-state index contributed by atoms with van der Waals surface area (Å²) in [5, 5.41) is 0. The molecule has 0 bridgehead atoms. The van der Waals surface area contributed by atoms with Crippen molar-refractivity contribution >= 4 is 11.9 Å². The second-order valence-corrected chi connectivity index (χ2v) is 3.93. The van der Waals surface area contributed by atoms with E-state index in [1.807, 2.05) is 54.6 Å². The zero-order valence-electron chi connectivity index (χ0n) is 10.2. The smallest absolute Gasteiger partial charge is 0.152 e. The van der Waals surface area contributed by atoms with Crippen LogP contribution in [0.2, 0.25) is 0 Å². The third kappa shape index (κ3) is 3.59. The molecule has 0 spiro atoms. The zero-order valence-corrected chi connectivity index (χ0v) is 10.2. The quantitative estimate of drug-likeness (QED) is 0.750. The number of hydrogen-bond donors (Lipinski definition) is 0. The number of para-hydroxylation sites is 1. The second-order valence-electron chi connectivity index (χ2n) is 3.93. The number of allylic oxidation sites excluding steroid dienone is 1. The first kappa shape index (κ1) is 12.1. The van der Waals surface area contributed by atoms with Crippen molar-refractivity contribution in [2.45, 2.75) is 6.92 Å². The second kappa shape index (κ2) is 5.82. The predicted octanol–water partition coefficient (Wildman–Crippen LogP) is 4.08. The maximum absolute atomic E-state index is 10.8. The number of hydrogen-bond acceptors (Lipinski definition) is 2. The molecule has 0 amide bonds. The van der Waals surface area contributed by atoms with E-state index in [4.69, 9.17) is 4.74 Å². The monoisotopic (exact) mass is 238 g/mol. The number of carbonyl (C=O) groups excluding carboxylic acids is 1. The van der Waals surface area contributed by atoms with Crippen molar-refractivity contribution in [2.24, 2.45) is 0 Å². The minimum absolute atomic E-state index is 0.0413. The van der Waals surface area contributed by atoms with E-state index >= 15 is 0 Å². The van der Waals surface area contributed by atoms with Gasteiger partial charge in [0.05, 0.1) is 0 Å². The van der Waals surface area contributed by atoms with Gasteiger partial charge < -0.3 is 4.74 Å². The van der Waals surface area contributed by atoms with E-state index in [2.05, 4.69) is 0 Å². The maximum atomic E-state index is 10.8. The molecule has 0 unspecified atom stereocenters. The zero-order chi connectivity index (χ0) is 12.8. The summed E-state index contributed by atoms with van der Waals surface area (Å²) in [5.74, 6) is 1.63. The van der Waals surface area contributed by atoms with Gasteiger partial charge in [-0.3, -0.25) is 4.79 Å². The van der Waals surface area contributed by atoms with Crippen LogP contribution in [0.5, 0.6) is 11.5 Å². The average Bonchev–Trinajstić information content (AvgIpc) is 2.39. The molecule has 0 aliphatic carbocycles. The first-order valence-electron chi connectivity index (χ1n) is 5.76. The molecule has 2 nitrogen and oxygen atoms in total. The molecule has 0 atom stereocenters. The van der Waals surface area contributed by atoms with Gasteiger partial charge in [-0.25, -0.2) is 0 Å². The standard InChI is InChI=1S/C16H14O2/c1-13(17)7-8-14-9-11-16(12-10-14)18-15-5-3-2-4-6-15/h2-12H,1H3/b8-7+. The lowest BCUT2D eigenvalue weighted by Gasteiger charge is -2.05. The highest BCUT2D eigenvalue weighted by Gasteiger charge is 1.95. The maximum Gasteiger partial charge on any atom is 0.152 e. The molecule has 0 fully saturated rings. The summed E-state index contributed by atoms with van der Waals surface area (Å²) in [7, 11) is 0. The summed E-state index contributed by atoms with van der Waals surface area (Å²) >= 11 is 0. The van der Waals surface area contributed by atoms with Crippen molar-refractivity contribution < 1.29 is 9.53 Å². The highest BCUT2D eigenvalue weighted by atomic mass is 16.5. The van der Waals surface area contributed by atoms with Gasteiger partial charge in [0.2, 0.25) is 0 Å². The Kier molecular flexibility index (Phi) is 3.92. The Morgan fingerprint density at radius 3 is 2.17 bits per heavy atom. The molecule has 0 aliphatic heterocycles. The largest absolute Gasteiger partial charge is 0.457 e. The molecule has 2 aromatic carbocycles. The van der Waals surface area contributed by atoms with E-state index in [0.717, 1.165) is 17.1 Å². The predicted molar refractivity (Wildman–Crippen MR) is 72.7 cm³/mol. The van der Waals surface area contributed by atoms with Crippen molar-refractivity contribution in [1.29, 1.82) is 0 Å². The Morgan fingerprint density at radius 2 is 1.56 bits per heavy atom. The topological polar surface area (TPSA) is 26.3 Å². The molecule has 2 aromatic rings. The lowest BCUT2D eigenvalue weighted by atomic mass is 10.2. The van der Waals surface area contributed by atoms with Gasteiger partial charge in [-0.15, -0.1) is 0 Å². The third-order valence-corrected chi connectivity index (χ3v) is 2.37. The molecule has 2 heteroatoms. The molecular weight excluding hydrogens is 224 g/mol. The first-order valence-corrected chi connectivity index (χ1v) is 5.76. The Balaban J connectivity index is 2.06. The lowest BCUT2D eigenvalue weighted by molar-refractivity contribution is -0.112. The van der Waals surface area contributed by atoms with Gasteiger partial charge in [0.1, 0.15) is 11.5 Å². The van der Waals surface area contributed by atoms with Crippen LogP contribution in [0.1, 0.15) is 12.5 Å². The van der Waals surface area contributed by atoms with Gasteiger partial charge in [0.15, 0.2) is 5.78 Å². The lowest BCUT2D eigenvalue weighted by Crippen LogP contribution is -1.84. The van der Waals surface area contributed by atoms with Crippen LogP contribution in [0, 0.1) is 0 Å². The molecule has 18 heavy (non-hydrogen) atoms. The van der Waals surface area contributed by atoms with Gasteiger partial charge in [0, 0.05) is 0 Å². The molecule has 0 radical (unpaired) electrons. The molecule has 0 saturated carbocycles. The highest BCUT2D eigenvalue weighted by Crippen LogP contribution is 2.21. The van der Waals surface area contributed by atoms with Crippen molar-refractivity contribution in [3.05, 3.63) is 66.2 Å². The summed E-state index contributed by atoms with van der Waals surface area (Å²) in [6, 6.07) is 17.2. The van der Waals surface area contributed by atoms with E-state index in [-0.39, 0.29) is 5.78 Å². The number of ether oxygens (including phenoxy) is 1. The molecule has 0 aliphatic rings. The van der Waals surface area contributed by atoms with E-state index in [1.165, 1.54) is 6.92 Å². The Bertz CT molecular complexity index is 539. The van der Waals surface area contributed by atoms with Crippen molar-refractivity contribution in [1.82, 2.24) is 0 Å². The average molecular weight is 238 g/mol. The van der Waals surface area contributed by atoms with Crippen LogP contribution >= 0.6 is 0 Å². The van der Waals surface area contributed by atoms with Gasteiger partial charge in [0.25, 0.3) is 0 Å². The van der Waals surface area contributed by atoms with Gasteiger partial charge >= 0.3 is 0 Å². The highest BCUT2D eigenvalue weighted by molar-refractivity contribution is 5.91. The fourth-order valence-electron chi connectivity index (χ4n) is 1.49. The summed E-state index contributed by atoms with van der Waals surface area (Å²) < 4.78 is 5.67. The Hall–Kier alpha value is -2.35. The fraction of sp³-hybridized carbons (Fsp3) is 0.0625. The van der Waals surface area contributed by atoms with Crippen LogP contribution in [0.3, 0.4) is 0 Å². The molecule has 90 valence electrons. The van der Waals surface area contributed by atoms with Crippen LogP contribution in [0.15, 0.2) is 60.7 Å². The fourth-order valence-corrected chi connectivity index (χ4v) is 1.49. The minimum Gasteiger partial charge on any atom is -0.457 e. The van der Waals surface area contributed by atoms with Crippen LogP contribution in [-0.2, 0) is 4.79 Å². The Morgan fingerprint density at radius 1 is 0.944 bits per heavy atom. The summed E-state index contributed by atoms with van der Waals surface area (Å²) in [5.41, 5.74) is 0.977. The van der Waals surface area contributed by atoms with Crippen molar-refractivity contribution in [3.8, 4) is 11.5 Å². The Labute approximate surface area is 107 Å². The van der Waals surface area contributed by atoms with Gasteiger partial charge in [-0.2, -0.15) is 0 Å². The molecular formula is C16H14O2. The summed E-state index contributed by atoms with van der Waals surface area (Å²) in [4.78, 5) is 10.8. The number of benzene rings is 2.